The second kappa shape index (κ2) is 7.87. The predicted molar refractivity (Wildman–Crippen MR) is 99.6 cm³/mol. The molecular formula is C21H28N2O2. The first-order valence-electron chi connectivity index (χ1n) is 9.27. The third-order valence-corrected chi connectivity index (χ3v) is 4.97. The van der Waals surface area contributed by atoms with Crippen LogP contribution in [0.1, 0.15) is 32.3 Å². The topological polar surface area (TPSA) is 32.8 Å². The van der Waals surface area contributed by atoms with E-state index < -0.39 is 5.41 Å². The minimum absolute atomic E-state index is 0.0931. The summed E-state index contributed by atoms with van der Waals surface area (Å²) in [4.78, 5) is 17.5. The molecule has 0 aromatic heterocycles. The van der Waals surface area contributed by atoms with Crippen LogP contribution in [0.5, 0.6) is 0 Å². The Labute approximate surface area is 150 Å². The summed E-state index contributed by atoms with van der Waals surface area (Å²) in [5.41, 5.74) is 1.82. The SMILES string of the molecule is CCCN1C=CCC2(C(=O)OCC)CN(Cc3ccccc3)CC=C12. The van der Waals surface area contributed by atoms with Crippen LogP contribution in [0.25, 0.3) is 0 Å². The largest absolute Gasteiger partial charge is 0.465 e. The molecule has 2 heterocycles. The monoisotopic (exact) mass is 340 g/mol. The van der Waals surface area contributed by atoms with E-state index in [9.17, 15) is 4.79 Å². The summed E-state index contributed by atoms with van der Waals surface area (Å²) in [6, 6.07) is 10.4. The van der Waals surface area contributed by atoms with E-state index in [1.165, 1.54) is 5.56 Å². The van der Waals surface area contributed by atoms with Crippen LogP contribution in [0.4, 0.5) is 0 Å². The van der Waals surface area contributed by atoms with E-state index in [4.69, 9.17) is 4.74 Å². The Bertz CT molecular complexity index is 653. The number of rotatable bonds is 6. The van der Waals surface area contributed by atoms with Gasteiger partial charge in [-0.1, -0.05) is 43.3 Å². The van der Waals surface area contributed by atoms with Crippen LogP contribution >= 0.6 is 0 Å². The number of hydrogen-bond acceptors (Lipinski definition) is 4. The molecule has 0 amide bonds. The van der Waals surface area contributed by atoms with Gasteiger partial charge in [0.25, 0.3) is 0 Å². The number of fused-ring (bicyclic) bond motifs is 1. The average Bonchev–Trinajstić information content (AvgIpc) is 2.63. The predicted octanol–water partition coefficient (Wildman–Crippen LogP) is 3.57. The zero-order valence-electron chi connectivity index (χ0n) is 15.3. The van der Waals surface area contributed by atoms with E-state index in [-0.39, 0.29) is 5.97 Å². The van der Waals surface area contributed by atoms with Crippen molar-refractivity contribution in [1.82, 2.24) is 9.80 Å². The number of benzene rings is 1. The van der Waals surface area contributed by atoms with Crippen molar-refractivity contribution in [2.24, 2.45) is 5.41 Å². The molecule has 4 heteroatoms. The van der Waals surface area contributed by atoms with Gasteiger partial charge in [-0.15, -0.1) is 0 Å². The highest BCUT2D eigenvalue weighted by atomic mass is 16.5. The van der Waals surface area contributed by atoms with Crippen molar-refractivity contribution in [2.75, 3.05) is 26.2 Å². The molecule has 1 aromatic rings. The fraction of sp³-hybridized carbons (Fsp3) is 0.476. The third-order valence-electron chi connectivity index (χ3n) is 4.97. The van der Waals surface area contributed by atoms with Crippen molar-refractivity contribution in [3.05, 3.63) is 59.9 Å². The number of carbonyl (C=O) groups excluding carboxylic acids is 1. The maximum absolute atomic E-state index is 13.0. The molecule has 2 aliphatic rings. The Hall–Kier alpha value is -2.07. The second-order valence-electron chi connectivity index (χ2n) is 6.83. The molecule has 0 fully saturated rings. The van der Waals surface area contributed by atoms with Crippen molar-refractivity contribution in [3.63, 3.8) is 0 Å². The van der Waals surface area contributed by atoms with E-state index >= 15 is 0 Å². The van der Waals surface area contributed by atoms with Crippen LogP contribution in [-0.4, -0.2) is 42.0 Å². The summed E-state index contributed by atoms with van der Waals surface area (Å²) in [5.74, 6) is -0.0931. The Morgan fingerprint density at radius 3 is 2.76 bits per heavy atom. The molecule has 2 aliphatic heterocycles. The van der Waals surface area contributed by atoms with Gasteiger partial charge in [0.1, 0.15) is 5.41 Å². The first-order valence-corrected chi connectivity index (χ1v) is 9.27. The van der Waals surface area contributed by atoms with Crippen LogP contribution in [0.15, 0.2) is 54.4 Å². The third kappa shape index (κ3) is 3.64. The van der Waals surface area contributed by atoms with E-state index in [0.29, 0.717) is 19.6 Å². The van der Waals surface area contributed by atoms with Gasteiger partial charge in [0.2, 0.25) is 0 Å². The Morgan fingerprint density at radius 2 is 2.04 bits per heavy atom. The van der Waals surface area contributed by atoms with Crippen molar-refractivity contribution >= 4 is 5.97 Å². The van der Waals surface area contributed by atoms with Gasteiger partial charge >= 0.3 is 5.97 Å². The smallest absolute Gasteiger partial charge is 0.319 e. The highest BCUT2D eigenvalue weighted by Crippen LogP contribution is 2.42. The molecule has 1 aromatic carbocycles. The van der Waals surface area contributed by atoms with Crippen LogP contribution < -0.4 is 0 Å². The lowest BCUT2D eigenvalue weighted by atomic mass is 9.75. The molecule has 0 bridgehead atoms. The lowest BCUT2D eigenvalue weighted by Crippen LogP contribution is -2.52. The van der Waals surface area contributed by atoms with Gasteiger partial charge in [-0.3, -0.25) is 9.69 Å². The van der Waals surface area contributed by atoms with E-state index in [0.717, 1.165) is 31.8 Å². The molecule has 134 valence electrons. The van der Waals surface area contributed by atoms with Crippen molar-refractivity contribution < 1.29 is 9.53 Å². The molecule has 4 nitrogen and oxygen atoms in total. The summed E-state index contributed by atoms with van der Waals surface area (Å²) in [6.07, 6.45) is 8.23. The van der Waals surface area contributed by atoms with Crippen LogP contribution in [0, 0.1) is 5.41 Å². The van der Waals surface area contributed by atoms with Crippen molar-refractivity contribution in [1.29, 1.82) is 0 Å². The molecule has 1 atom stereocenters. The molecule has 0 N–H and O–H groups in total. The summed E-state index contributed by atoms with van der Waals surface area (Å²) in [6.45, 7) is 7.82. The summed E-state index contributed by atoms with van der Waals surface area (Å²) in [5, 5.41) is 0. The molecule has 1 unspecified atom stereocenters. The quantitative estimate of drug-likeness (QED) is 0.741. The van der Waals surface area contributed by atoms with Gasteiger partial charge in [0.05, 0.1) is 6.61 Å². The second-order valence-corrected chi connectivity index (χ2v) is 6.83. The maximum Gasteiger partial charge on any atom is 0.319 e. The van der Waals surface area contributed by atoms with Crippen LogP contribution in [0.2, 0.25) is 0 Å². The molecule has 3 rings (SSSR count). The molecule has 25 heavy (non-hydrogen) atoms. The number of esters is 1. The van der Waals surface area contributed by atoms with Crippen molar-refractivity contribution in [3.8, 4) is 0 Å². The van der Waals surface area contributed by atoms with Crippen LogP contribution in [0.3, 0.4) is 0 Å². The zero-order valence-corrected chi connectivity index (χ0v) is 15.3. The van der Waals surface area contributed by atoms with Gasteiger partial charge < -0.3 is 9.64 Å². The minimum Gasteiger partial charge on any atom is -0.465 e. The standard InChI is InChI=1S/C21H28N2O2/c1-3-13-23-14-8-12-21(20(24)25-4-2)17-22(15-11-19(21)23)16-18-9-6-5-7-10-18/h5-11,14H,3-4,12-13,15-17H2,1-2H3. The van der Waals surface area contributed by atoms with E-state index in [2.05, 4.69) is 59.3 Å². The van der Waals surface area contributed by atoms with Gasteiger partial charge in [0.15, 0.2) is 0 Å². The number of ether oxygens (including phenoxy) is 1. The molecule has 0 spiro atoms. The highest BCUT2D eigenvalue weighted by molar-refractivity contribution is 5.82. The maximum atomic E-state index is 13.0. The first kappa shape index (κ1) is 17.7. The van der Waals surface area contributed by atoms with Gasteiger partial charge in [-0.05, 0) is 37.6 Å². The van der Waals surface area contributed by atoms with E-state index in [1.807, 2.05) is 13.0 Å². The molecular weight excluding hydrogens is 312 g/mol. The first-order chi connectivity index (χ1) is 12.2. The zero-order chi connectivity index (χ0) is 17.7. The van der Waals surface area contributed by atoms with E-state index in [1.54, 1.807) is 0 Å². The molecule has 0 saturated heterocycles. The summed E-state index contributed by atoms with van der Waals surface area (Å²) < 4.78 is 5.50. The summed E-state index contributed by atoms with van der Waals surface area (Å²) in [7, 11) is 0. The molecule has 0 radical (unpaired) electrons. The van der Waals surface area contributed by atoms with Gasteiger partial charge in [0, 0.05) is 31.9 Å². The Morgan fingerprint density at radius 1 is 1.24 bits per heavy atom. The fourth-order valence-electron chi connectivity index (χ4n) is 3.88. The summed E-state index contributed by atoms with van der Waals surface area (Å²) >= 11 is 0. The normalized spacial score (nSPS) is 23.1. The lowest BCUT2D eigenvalue weighted by molar-refractivity contribution is -0.156. The Balaban J connectivity index is 1.88. The highest BCUT2D eigenvalue weighted by Gasteiger charge is 2.49. The van der Waals surface area contributed by atoms with Gasteiger partial charge in [-0.2, -0.15) is 0 Å². The minimum atomic E-state index is -0.576. The Kier molecular flexibility index (Phi) is 5.59. The fourth-order valence-corrected chi connectivity index (χ4v) is 3.88. The average molecular weight is 340 g/mol. The van der Waals surface area contributed by atoms with Crippen molar-refractivity contribution in [2.45, 2.75) is 33.2 Å². The molecule has 0 aliphatic carbocycles. The number of nitrogens with zero attached hydrogens (tertiary/aromatic N) is 2. The van der Waals surface area contributed by atoms with Crippen LogP contribution in [-0.2, 0) is 16.1 Å². The number of allylic oxidation sites excluding steroid dienone is 1. The number of carbonyl (C=O) groups is 1. The lowest BCUT2D eigenvalue weighted by Gasteiger charge is -2.46. The number of hydrogen-bond donors (Lipinski definition) is 0. The molecule has 0 saturated carbocycles. The van der Waals surface area contributed by atoms with Gasteiger partial charge in [-0.25, -0.2) is 0 Å².